The molecule has 1 aromatic heterocycles. The molecule has 0 atom stereocenters. The number of carbonyl (C=O) groups is 1. The number of pyridine rings is 1. The van der Waals surface area contributed by atoms with Crippen molar-refractivity contribution in [3.05, 3.63) is 83.7 Å². The van der Waals surface area contributed by atoms with Crippen LogP contribution in [0.15, 0.2) is 66.9 Å². The summed E-state index contributed by atoms with van der Waals surface area (Å²) in [6.45, 7) is 0.642. The van der Waals surface area contributed by atoms with Crippen LogP contribution in [0.1, 0.15) is 16.8 Å². The molecule has 2 heterocycles. The van der Waals surface area contributed by atoms with E-state index in [-0.39, 0.29) is 0 Å². The summed E-state index contributed by atoms with van der Waals surface area (Å²) in [5.41, 5.74) is 2.24. The molecular formula is C21H15F3N2O2. The number of ether oxygens (including phenoxy) is 1. The number of amides is 1. The molecule has 142 valence electrons. The second kappa shape index (κ2) is 6.99. The molecule has 0 N–H and O–H groups in total. The maximum atomic E-state index is 12.7. The van der Waals surface area contributed by atoms with Crippen molar-refractivity contribution in [2.45, 2.75) is 19.3 Å². The molecule has 0 bridgehead atoms. The molecule has 4 rings (SSSR count). The summed E-state index contributed by atoms with van der Waals surface area (Å²) >= 11 is 0. The van der Waals surface area contributed by atoms with Crippen molar-refractivity contribution in [2.24, 2.45) is 0 Å². The predicted molar refractivity (Wildman–Crippen MR) is 96.4 cm³/mol. The van der Waals surface area contributed by atoms with Gasteiger partial charge in [-0.3, -0.25) is 9.88 Å². The Kier molecular flexibility index (Phi) is 4.50. The Labute approximate surface area is 159 Å². The molecule has 1 amide bonds. The van der Waals surface area contributed by atoms with E-state index in [0.29, 0.717) is 24.4 Å². The van der Waals surface area contributed by atoms with Crippen molar-refractivity contribution in [3.63, 3.8) is 0 Å². The highest BCUT2D eigenvalue weighted by Gasteiger charge is 2.30. The van der Waals surface area contributed by atoms with Gasteiger partial charge in [0.2, 0.25) is 0 Å². The lowest BCUT2D eigenvalue weighted by atomic mass is 10.0. The van der Waals surface area contributed by atoms with E-state index < -0.39 is 17.8 Å². The van der Waals surface area contributed by atoms with Crippen molar-refractivity contribution in [3.8, 4) is 16.9 Å². The summed E-state index contributed by atoms with van der Waals surface area (Å²) in [6, 6.07) is 15.7. The molecule has 7 heteroatoms. The van der Waals surface area contributed by atoms with Gasteiger partial charge in [-0.05, 0) is 47.5 Å². The first-order valence-electron chi connectivity index (χ1n) is 8.57. The van der Waals surface area contributed by atoms with Gasteiger partial charge in [0.1, 0.15) is 5.75 Å². The van der Waals surface area contributed by atoms with Crippen molar-refractivity contribution < 1.29 is 22.7 Å². The number of rotatable bonds is 3. The molecule has 1 aliphatic rings. The van der Waals surface area contributed by atoms with Gasteiger partial charge in [0, 0.05) is 11.8 Å². The summed E-state index contributed by atoms with van der Waals surface area (Å²) < 4.78 is 43.6. The van der Waals surface area contributed by atoms with Crippen molar-refractivity contribution in [1.29, 1.82) is 0 Å². The Bertz CT molecular complexity index is 1000. The Hall–Kier alpha value is -3.35. The zero-order chi connectivity index (χ0) is 19.7. The smallest absolute Gasteiger partial charge is 0.410 e. The van der Waals surface area contributed by atoms with Gasteiger partial charge < -0.3 is 4.74 Å². The number of carbonyl (C=O) groups excluding carboxylic acids is 1. The topological polar surface area (TPSA) is 42.4 Å². The minimum atomic E-state index is -4.37. The third-order valence-electron chi connectivity index (χ3n) is 4.50. The van der Waals surface area contributed by atoms with E-state index in [1.165, 1.54) is 17.0 Å². The summed E-state index contributed by atoms with van der Waals surface area (Å²) in [4.78, 5) is 18.0. The number of hydrogen-bond acceptors (Lipinski definition) is 3. The lowest BCUT2D eigenvalue weighted by Gasteiger charge is -2.28. The Morgan fingerprint density at radius 3 is 2.43 bits per heavy atom. The van der Waals surface area contributed by atoms with Crippen LogP contribution in [0.2, 0.25) is 0 Å². The monoisotopic (exact) mass is 384 g/mol. The number of nitrogens with zero attached hydrogens (tertiary/aromatic N) is 2. The van der Waals surface area contributed by atoms with Gasteiger partial charge in [0.25, 0.3) is 0 Å². The minimum Gasteiger partial charge on any atom is -0.410 e. The first-order valence-corrected chi connectivity index (χ1v) is 8.57. The molecule has 1 aliphatic heterocycles. The molecule has 2 aromatic carbocycles. The molecule has 28 heavy (non-hydrogen) atoms. The summed E-state index contributed by atoms with van der Waals surface area (Å²) in [5, 5.41) is 0. The SMILES string of the molecule is O=C1Oc2ccc(-c3ccc(C(F)(F)F)cc3)cc2CN1Cc1ccccn1. The second-order valence-corrected chi connectivity index (χ2v) is 6.44. The second-order valence-electron chi connectivity index (χ2n) is 6.44. The summed E-state index contributed by atoms with van der Waals surface area (Å²) in [5.74, 6) is 0.456. The first kappa shape index (κ1) is 18.0. The highest BCUT2D eigenvalue weighted by atomic mass is 19.4. The number of hydrogen-bond donors (Lipinski definition) is 0. The molecule has 0 saturated heterocycles. The predicted octanol–water partition coefficient (Wildman–Crippen LogP) is 5.28. The molecule has 3 aromatic rings. The molecule has 0 aliphatic carbocycles. The number of benzene rings is 2. The fraction of sp³-hybridized carbons (Fsp3) is 0.143. The summed E-state index contributed by atoms with van der Waals surface area (Å²) in [6.07, 6.45) is -3.17. The maximum absolute atomic E-state index is 12.7. The minimum absolute atomic E-state index is 0.309. The van der Waals surface area contributed by atoms with Gasteiger partial charge in [-0.2, -0.15) is 13.2 Å². The van der Waals surface area contributed by atoms with Crippen LogP contribution in [0.25, 0.3) is 11.1 Å². The Balaban J connectivity index is 1.58. The molecule has 0 saturated carbocycles. The molecule has 0 radical (unpaired) electrons. The average molecular weight is 384 g/mol. The van der Waals surface area contributed by atoms with Crippen LogP contribution in [0.5, 0.6) is 5.75 Å². The Morgan fingerprint density at radius 1 is 1.00 bits per heavy atom. The molecule has 0 spiro atoms. The van der Waals surface area contributed by atoms with Gasteiger partial charge in [-0.25, -0.2) is 4.79 Å². The van der Waals surface area contributed by atoms with Gasteiger partial charge in [-0.15, -0.1) is 0 Å². The zero-order valence-electron chi connectivity index (χ0n) is 14.6. The number of halogens is 3. The van der Waals surface area contributed by atoms with E-state index in [1.807, 2.05) is 18.2 Å². The standard InChI is InChI=1S/C21H15F3N2O2/c22-21(23,24)17-7-4-14(5-8-17)15-6-9-19-16(11-15)12-26(20(27)28-19)13-18-3-1-2-10-25-18/h1-11H,12-13H2. The van der Waals surface area contributed by atoms with Gasteiger partial charge in [0.05, 0.1) is 24.3 Å². The van der Waals surface area contributed by atoms with Crippen LogP contribution in [-0.2, 0) is 19.3 Å². The highest BCUT2D eigenvalue weighted by Crippen LogP contribution is 2.34. The van der Waals surface area contributed by atoms with E-state index in [4.69, 9.17) is 4.74 Å². The van der Waals surface area contributed by atoms with Gasteiger partial charge in [-0.1, -0.05) is 24.3 Å². The van der Waals surface area contributed by atoms with Crippen LogP contribution >= 0.6 is 0 Å². The van der Waals surface area contributed by atoms with Crippen molar-refractivity contribution in [1.82, 2.24) is 9.88 Å². The number of aromatic nitrogens is 1. The Morgan fingerprint density at radius 2 is 1.75 bits per heavy atom. The number of fused-ring (bicyclic) bond motifs is 1. The maximum Gasteiger partial charge on any atom is 0.416 e. The fourth-order valence-electron chi connectivity index (χ4n) is 3.07. The van der Waals surface area contributed by atoms with E-state index in [0.717, 1.165) is 29.0 Å². The van der Waals surface area contributed by atoms with E-state index in [9.17, 15) is 18.0 Å². The van der Waals surface area contributed by atoms with E-state index >= 15 is 0 Å². The molecule has 0 unspecified atom stereocenters. The number of alkyl halides is 3. The van der Waals surface area contributed by atoms with Crippen LogP contribution in [-0.4, -0.2) is 16.0 Å². The van der Waals surface area contributed by atoms with Crippen LogP contribution in [0, 0.1) is 0 Å². The van der Waals surface area contributed by atoms with Gasteiger partial charge >= 0.3 is 12.3 Å². The molecule has 4 nitrogen and oxygen atoms in total. The van der Waals surface area contributed by atoms with E-state index in [1.54, 1.807) is 24.4 Å². The zero-order valence-corrected chi connectivity index (χ0v) is 14.6. The fourth-order valence-corrected chi connectivity index (χ4v) is 3.07. The normalized spacial score (nSPS) is 13.8. The molecule has 0 fully saturated rings. The first-order chi connectivity index (χ1) is 13.4. The van der Waals surface area contributed by atoms with Crippen LogP contribution in [0.3, 0.4) is 0 Å². The van der Waals surface area contributed by atoms with Crippen LogP contribution < -0.4 is 4.74 Å². The lowest BCUT2D eigenvalue weighted by Crippen LogP contribution is -2.36. The lowest BCUT2D eigenvalue weighted by molar-refractivity contribution is -0.137. The van der Waals surface area contributed by atoms with Crippen molar-refractivity contribution >= 4 is 6.09 Å². The average Bonchev–Trinajstić information content (AvgIpc) is 2.68. The largest absolute Gasteiger partial charge is 0.416 e. The van der Waals surface area contributed by atoms with Gasteiger partial charge in [0.15, 0.2) is 0 Å². The third-order valence-corrected chi connectivity index (χ3v) is 4.50. The third kappa shape index (κ3) is 3.69. The molecular weight excluding hydrogens is 369 g/mol. The van der Waals surface area contributed by atoms with Crippen molar-refractivity contribution in [2.75, 3.05) is 0 Å². The quantitative estimate of drug-likeness (QED) is 0.617. The summed E-state index contributed by atoms with van der Waals surface area (Å²) in [7, 11) is 0. The highest BCUT2D eigenvalue weighted by molar-refractivity contribution is 5.75. The van der Waals surface area contributed by atoms with Crippen LogP contribution in [0.4, 0.5) is 18.0 Å². The van der Waals surface area contributed by atoms with E-state index in [2.05, 4.69) is 4.98 Å².